The number of hydrogen-bond acceptors (Lipinski definition) is 3. The molecule has 0 unspecified atom stereocenters. The van der Waals surface area contributed by atoms with Crippen LogP contribution < -0.4 is 5.56 Å². The molecule has 108 valence electrons. The van der Waals surface area contributed by atoms with E-state index >= 15 is 0 Å². The highest BCUT2D eigenvalue weighted by molar-refractivity contribution is 6.42. The smallest absolute Gasteiger partial charge is 0.278 e. The fourth-order valence-electron chi connectivity index (χ4n) is 2.31. The normalized spacial score (nSPS) is 11.4. The molecule has 22 heavy (non-hydrogen) atoms. The second-order valence-corrected chi connectivity index (χ2v) is 5.61. The Bertz CT molecular complexity index is 1040. The van der Waals surface area contributed by atoms with Gasteiger partial charge < -0.3 is 9.97 Å². The van der Waals surface area contributed by atoms with Crippen LogP contribution in [0.1, 0.15) is 0 Å². The number of hydrogen-bond donors (Lipinski definition) is 2. The van der Waals surface area contributed by atoms with Crippen molar-refractivity contribution >= 4 is 45.3 Å². The minimum Gasteiger partial charge on any atom is -0.336 e. The van der Waals surface area contributed by atoms with Crippen LogP contribution in [-0.4, -0.2) is 19.9 Å². The number of H-pyrrole nitrogens is 2. The predicted octanol–water partition coefficient (Wildman–Crippen LogP) is 3.77. The third-order valence-corrected chi connectivity index (χ3v) is 4.07. The van der Waals surface area contributed by atoms with Gasteiger partial charge in [0.25, 0.3) is 5.56 Å². The van der Waals surface area contributed by atoms with Gasteiger partial charge in [-0.25, -0.2) is 9.97 Å². The van der Waals surface area contributed by atoms with Crippen molar-refractivity contribution in [3.8, 4) is 11.5 Å². The SMILES string of the molecule is O=c1[nH]c2ccccc2nc1-c1nc2cc(Cl)c(Cl)cc2[nH]1. The lowest BCUT2D eigenvalue weighted by Crippen LogP contribution is -2.12. The zero-order chi connectivity index (χ0) is 15.3. The van der Waals surface area contributed by atoms with Crippen molar-refractivity contribution in [2.75, 3.05) is 0 Å². The van der Waals surface area contributed by atoms with Gasteiger partial charge in [-0.1, -0.05) is 35.3 Å². The molecule has 5 nitrogen and oxygen atoms in total. The van der Waals surface area contributed by atoms with Gasteiger partial charge in [-0.05, 0) is 24.3 Å². The van der Waals surface area contributed by atoms with Crippen LogP contribution in [0.15, 0.2) is 41.2 Å². The van der Waals surface area contributed by atoms with E-state index in [0.29, 0.717) is 37.9 Å². The fourth-order valence-corrected chi connectivity index (χ4v) is 2.63. The Morgan fingerprint density at radius 1 is 0.864 bits per heavy atom. The third-order valence-electron chi connectivity index (χ3n) is 3.35. The maximum Gasteiger partial charge on any atom is 0.278 e. The summed E-state index contributed by atoms with van der Waals surface area (Å²) >= 11 is 12.0. The molecule has 0 atom stereocenters. The highest BCUT2D eigenvalue weighted by atomic mass is 35.5. The van der Waals surface area contributed by atoms with Crippen LogP contribution >= 0.6 is 23.2 Å². The molecule has 2 aromatic carbocycles. The number of aromatic amines is 2. The minimum atomic E-state index is -0.310. The van der Waals surface area contributed by atoms with Crippen LogP contribution in [0.4, 0.5) is 0 Å². The minimum absolute atomic E-state index is 0.224. The van der Waals surface area contributed by atoms with Crippen molar-refractivity contribution in [1.82, 2.24) is 19.9 Å². The lowest BCUT2D eigenvalue weighted by molar-refractivity contribution is 1.17. The van der Waals surface area contributed by atoms with Gasteiger partial charge >= 0.3 is 0 Å². The van der Waals surface area contributed by atoms with E-state index in [1.807, 2.05) is 18.2 Å². The van der Waals surface area contributed by atoms with Crippen molar-refractivity contribution in [3.63, 3.8) is 0 Å². The fraction of sp³-hybridized carbons (Fsp3) is 0. The van der Waals surface area contributed by atoms with E-state index < -0.39 is 0 Å². The number of imidazole rings is 1. The number of benzene rings is 2. The zero-order valence-electron chi connectivity index (χ0n) is 11.0. The van der Waals surface area contributed by atoms with Crippen LogP contribution in [0.2, 0.25) is 10.0 Å². The maximum atomic E-state index is 12.2. The first kappa shape index (κ1) is 13.3. The summed E-state index contributed by atoms with van der Waals surface area (Å²) in [5, 5.41) is 0.831. The van der Waals surface area contributed by atoms with E-state index in [1.54, 1.807) is 18.2 Å². The van der Waals surface area contributed by atoms with E-state index in [4.69, 9.17) is 23.2 Å². The van der Waals surface area contributed by atoms with Crippen molar-refractivity contribution in [2.45, 2.75) is 0 Å². The molecule has 7 heteroatoms. The van der Waals surface area contributed by atoms with E-state index in [1.165, 1.54) is 0 Å². The summed E-state index contributed by atoms with van der Waals surface area (Å²) < 4.78 is 0. The molecule has 0 spiro atoms. The number of halogens is 2. The van der Waals surface area contributed by atoms with Gasteiger partial charge in [0.1, 0.15) is 0 Å². The molecule has 0 saturated heterocycles. The molecule has 4 aromatic rings. The Morgan fingerprint density at radius 3 is 2.50 bits per heavy atom. The molecule has 0 aliphatic heterocycles. The van der Waals surface area contributed by atoms with Crippen molar-refractivity contribution in [2.24, 2.45) is 0 Å². The molecule has 2 aromatic heterocycles. The number of nitrogens with one attached hydrogen (secondary N) is 2. The molecule has 0 aliphatic rings. The number of nitrogens with zero attached hydrogens (tertiary/aromatic N) is 2. The van der Waals surface area contributed by atoms with Gasteiger partial charge in [-0.3, -0.25) is 4.79 Å². The first-order chi connectivity index (χ1) is 10.6. The highest BCUT2D eigenvalue weighted by Gasteiger charge is 2.13. The lowest BCUT2D eigenvalue weighted by Gasteiger charge is -1.99. The molecule has 0 saturated carbocycles. The van der Waals surface area contributed by atoms with Gasteiger partial charge in [0.15, 0.2) is 11.5 Å². The average Bonchev–Trinajstić information content (AvgIpc) is 2.89. The van der Waals surface area contributed by atoms with Crippen LogP contribution in [0.25, 0.3) is 33.6 Å². The van der Waals surface area contributed by atoms with Gasteiger partial charge in [0, 0.05) is 0 Å². The molecule has 0 aliphatic carbocycles. The lowest BCUT2D eigenvalue weighted by atomic mass is 10.3. The summed E-state index contributed by atoms with van der Waals surface area (Å²) in [5.41, 5.74) is 2.60. The van der Waals surface area contributed by atoms with Crippen molar-refractivity contribution < 1.29 is 0 Å². The van der Waals surface area contributed by atoms with Crippen LogP contribution in [0, 0.1) is 0 Å². The van der Waals surface area contributed by atoms with Crippen molar-refractivity contribution in [1.29, 1.82) is 0 Å². The summed E-state index contributed by atoms with van der Waals surface area (Å²) in [6, 6.07) is 10.6. The molecule has 2 N–H and O–H groups in total. The Kier molecular flexibility index (Phi) is 2.92. The second-order valence-electron chi connectivity index (χ2n) is 4.80. The summed E-state index contributed by atoms with van der Waals surface area (Å²) in [5.74, 6) is 0.375. The van der Waals surface area contributed by atoms with Crippen LogP contribution in [-0.2, 0) is 0 Å². The van der Waals surface area contributed by atoms with Gasteiger partial charge in [-0.15, -0.1) is 0 Å². The van der Waals surface area contributed by atoms with E-state index in [0.717, 1.165) is 0 Å². The highest BCUT2D eigenvalue weighted by Crippen LogP contribution is 2.28. The average molecular weight is 331 g/mol. The maximum absolute atomic E-state index is 12.2. The Labute approximate surface area is 133 Å². The van der Waals surface area contributed by atoms with Gasteiger partial charge in [0.2, 0.25) is 0 Å². The second kappa shape index (κ2) is 4.83. The molecule has 4 rings (SSSR count). The summed E-state index contributed by atoms with van der Waals surface area (Å²) in [6.07, 6.45) is 0. The largest absolute Gasteiger partial charge is 0.336 e. The van der Waals surface area contributed by atoms with E-state index in [2.05, 4.69) is 19.9 Å². The molecule has 0 radical (unpaired) electrons. The number of aromatic nitrogens is 4. The monoisotopic (exact) mass is 330 g/mol. The first-order valence-corrected chi connectivity index (χ1v) is 7.21. The number of para-hydroxylation sites is 2. The Morgan fingerprint density at radius 2 is 1.64 bits per heavy atom. The van der Waals surface area contributed by atoms with Crippen molar-refractivity contribution in [3.05, 3.63) is 56.8 Å². The molecule has 0 fully saturated rings. The quantitative estimate of drug-likeness (QED) is 0.557. The number of fused-ring (bicyclic) bond motifs is 2. The van der Waals surface area contributed by atoms with Crippen LogP contribution in [0.3, 0.4) is 0 Å². The number of rotatable bonds is 1. The first-order valence-electron chi connectivity index (χ1n) is 6.46. The molecule has 2 heterocycles. The standard InChI is InChI=1S/C15H8Cl2N4O/c16-7-5-11-12(6-8(7)17)20-14(19-11)13-15(22)21-10-4-2-1-3-9(10)18-13/h1-6H,(H,19,20)(H,21,22). The third kappa shape index (κ3) is 2.06. The molecular formula is C15H8Cl2N4O. The van der Waals surface area contributed by atoms with Gasteiger partial charge in [0.05, 0.1) is 32.1 Å². The van der Waals surface area contributed by atoms with Gasteiger partial charge in [-0.2, -0.15) is 0 Å². The molecule has 0 amide bonds. The summed E-state index contributed by atoms with van der Waals surface area (Å²) in [6.45, 7) is 0. The summed E-state index contributed by atoms with van der Waals surface area (Å²) in [7, 11) is 0. The molecular weight excluding hydrogens is 323 g/mol. The molecule has 0 bridgehead atoms. The van der Waals surface area contributed by atoms with Crippen LogP contribution in [0.5, 0.6) is 0 Å². The zero-order valence-corrected chi connectivity index (χ0v) is 12.5. The van der Waals surface area contributed by atoms with E-state index in [-0.39, 0.29) is 11.3 Å². The summed E-state index contributed by atoms with van der Waals surface area (Å²) in [4.78, 5) is 26.8. The Hall–Kier alpha value is -2.37. The predicted molar refractivity (Wildman–Crippen MR) is 87.5 cm³/mol. The topological polar surface area (TPSA) is 74.4 Å². The Balaban J connectivity index is 1.98. The van der Waals surface area contributed by atoms with E-state index in [9.17, 15) is 4.79 Å².